The number of alkyl halides is 3. The number of pyridine rings is 1. The Morgan fingerprint density at radius 2 is 1.68 bits per heavy atom. The van der Waals surface area contributed by atoms with E-state index in [-0.39, 0.29) is 38.3 Å². The van der Waals surface area contributed by atoms with Crippen LogP contribution in [0.2, 0.25) is 20.1 Å². The molecule has 9 heteroatoms. The van der Waals surface area contributed by atoms with Crippen LogP contribution in [0.15, 0.2) is 60.8 Å². The Morgan fingerprint density at radius 3 is 2.24 bits per heavy atom. The zero-order chi connectivity index (χ0) is 26.7. The Labute approximate surface area is 233 Å². The van der Waals surface area contributed by atoms with Gasteiger partial charge in [-0.1, -0.05) is 76.8 Å². The summed E-state index contributed by atoms with van der Waals surface area (Å²) in [6.07, 6.45) is 2.24. The lowest BCUT2D eigenvalue weighted by atomic mass is 9.88. The number of carbonyl (C=O) groups is 1. The second-order valence-electron chi connectivity index (χ2n) is 9.13. The Morgan fingerprint density at radius 1 is 0.973 bits per heavy atom. The summed E-state index contributed by atoms with van der Waals surface area (Å²) in [6.45, 7) is 0. The van der Waals surface area contributed by atoms with E-state index in [1.807, 2.05) is 18.2 Å². The lowest BCUT2D eigenvalue weighted by molar-refractivity contribution is -0.139. The van der Waals surface area contributed by atoms with Crippen molar-refractivity contribution in [1.82, 2.24) is 4.98 Å². The molecule has 1 saturated carbocycles. The van der Waals surface area contributed by atoms with Gasteiger partial charge in [-0.05, 0) is 72.7 Å². The Balaban J connectivity index is 1.55. The van der Waals surface area contributed by atoms with E-state index in [0.29, 0.717) is 23.4 Å². The molecular formula is C28H22Cl4F3NO. The topological polar surface area (TPSA) is 30.0 Å². The van der Waals surface area contributed by atoms with Crippen molar-refractivity contribution in [3.63, 3.8) is 0 Å². The highest BCUT2D eigenvalue weighted by molar-refractivity contribution is 6.48. The molecule has 1 aliphatic rings. The first-order chi connectivity index (χ1) is 17.5. The van der Waals surface area contributed by atoms with Crippen LogP contribution in [0.25, 0.3) is 6.08 Å². The molecule has 37 heavy (non-hydrogen) atoms. The summed E-state index contributed by atoms with van der Waals surface area (Å²) in [7, 11) is 0. The highest BCUT2D eigenvalue weighted by Gasteiger charge is 2.39. The van der Waals surface area contributed by atoms with Gasteiger partial charge in [-0.25, -0.2) is 0 Å². The average molecular weight is 587 g/mol. The largest absolute Gasteiger partial charge is 0.399 e. The normalized spacial score (nSPS) is 15.6. The molecule has 1 fully saturated rings. The molecule has 2 nitrogen and oxygen atoms in total. The summed E-state index contributed by atoms with van der Waals surface area (Å²) in [4.78, 5) is 17.3. The number of nitrogens with zero attached hydrogens (tertiary/aromatic N) is 1. The minimum atomic E-state index is -4.58. The van der Waals surface area contributed by atoms with Crippen LogP contribution in [-0.2, 0) is 17.6 Å². The number of hydrogen-bond donors (Lipinski definition) is 0. The molecule has 0 radical (unpaired) electrons. The zero-order valence-electron chi connectivity index (χ0n) is 19.4. The Bertz CT molecular complexity index is 1280. The predicted molar refractivity (Wildman–Crippen MR) is 144 cm³/mol. The zero-order valence-corrected chi connectivity index (χ0v) is 22.4. The van der Waals surface area contributed by atoms with Gasteiger partial charge in [-0.2, -0.15) is 13.2 Å². The second-order valence-corrected chi connectivity index (χ2v) is 10.7. The maximum absolute atomic E-state index is 13.9. The van der Waals surface area contributed by atoms with Crippen molar-refractivity contribution in [2.45, 2.75) is 37.8 Å². The smallest absolute Gasteiger partial charge is 0.299 e. The van der Waals surface area contributed by atoms with Crippen molar-refractivity contribution >= 4 is 58.3 Å². The highest BCUT2D eigenvalue weighted by atomic mass is 35.5. The van der Waals surface area contributed by atoms with Gasteiger partial charge in [0, 0.05) is 28.7 Å². The molecule has 1 aromatic heterocycles. The molecule has 0 amide bonds. The number of aromatic nitrogens is 1. The maximum Gasteiger partial charge on any atom is 0.399 e. The van der Waals surface area contributed by atoms with Crippen LogP contribution in [0, 0.1) is 11.8 Å². The molecule has 2 aromatic carbocycles. The predicted octanol–water partition coefficient (Wildman–Crippen LogP) is 9.43. The average Bonchev–Trinajstić information content (AvgIpc) is 3.68. The molecule has 1 heterocycles. The number of carbonyl (C=O) groups excluding carboxylic acids is 1. The third kappa shape index (κ3) is 7.29. The minimum absolute atomic E-state index is 0.000810. The minimum Gasteiger partial charge on any atom is -0.299 e. The van der Waals surface area contributed by atoms with Crippen molar-refractivity contribution < 1.29 is 18.0 Å². The number of benzene rings is 2. The molecule has 0 saturated heterocycles. The first kappa shape index (κ1) is 28.0. The van der Waals surface area contributed by atoms with E-state index in [0.717, 1.165) is 42.3 Å². The standard InChI is InChI=1S/C28H22Cl4F3NO/c29-23-11-16(5-9-22(28(33,34)35)19-14-24(30)26(32)25(31)15-19)4-6-18(23)12-20(27(37)17-7-8-17)13-21-3-1-2-10-36-21/h1-6,9-11,14-15,17,20,22H,7-8,12-13H2/b9-5+. The summed E-state index contributed by atoms with van der Waals surface area (Å²) < 4.78 is 41.6. The number of Topliss-reactive ketones (excluding diaryl/α,β-unsaturated/α-hetero) is 1. The van der Waals surface area contributed by atoms with Crippen LogP contribution in [0.5, 0.6) is 0 Å². The third-order valence-electron chi connectivity index (χ3n) is 6.31. The van der Waals surface area contributed by atoms with E-state index >= 15 is 0 Å². The Kier molecular flexibility index (Phi) is 8.90. The molecule has 3 aromatic rings. The molecule has 1 aliphatic carbocycles. The maximum atomic E-state index is 13.9. The fourth-order valence-electron chi connectivity index (χ4n) is 4.22. The molecule has 2 atom stereocenters. The lowest BCUT2D eigenvalue weighted by Crippen LogP contribution is -2.22. The van der Waals surface area contributed by atoms with Gasteiger partial charge < -0.3 is 0 Å². The van der Waals surface area contributed by atoms with Gasteiger partial charge in [-0.3, -0.25) is 9.78 Å². The van der Waals surface area contributed by atoms with E-state index in [2.05, 4.69) is 4.98 Å². The summed E-state index contributed by atoms with van der Waals surface area (Å²) in [5.41, 5.74) is 1.96. The van der Waals surface area contributed by atoms with Gasteiger partial charge in [-0.15, -0.1) is 0 Å². The number of hydrogen-bond acceptors (Lipinski definition) is 2. The van der Waals surface area contributed by atoms with Crippen LogP contribution in [0.3, 0.4) is 0 Å². The number of allylic oxidation sites excluding steroid dienone is 1. The SMILES string of the molecule is O=C(C1CC1)C(Cc1ccccn1)Cc1ccc(/C=C/C(c2cc(Cl)c(Cl)c(Cl)c2)C(F)(F)F)cc1Cl. The van der Waals surface area contributed by atoms with Gasteiger partial charge in [0.2, 0.25) is 0 Å². The fourth-order valence-corrected chi connectivity index (χ4v) is 5.09. The van der Waals surface area contributed by atoms with Crippen LogP contribution in [0.4, 0.5) is 13.2 Å². The van der Waals surface area contributed by atoms with Gasteiger partial charge in [0.05, 0.1) is 21.0 Å². The van der Waals surface area contributed by atoms with E-state index in [4.69, 9.17) is 46.4 Å². The first-order valence-corrected chi connectivity index (χ1v) is 13.2. The molecule has 0 spiro atoms. The summed E-state index contributed by atoms with van der Waals surface area (Å²) in [5.74, 6) is -1.92. The summed E-state index contributed by atoms with van der Waals surface area (Å²) in [6, 6.07) is 13.0. The quantitative estimate of drug-likeness (QED) is 0.234. The molecular weight excluding hydrogens is 565 g/mol. The van der Waals surface area contributed by atoms with Gasteiger partial charge in [0.15, 0.2) is 0 Å². The van der Waals surface area contributed by atoms with Crippen molar-refractivity contribution in [2.24, 2.45) is 11.8 Å². The monoisotopic (exact) mass is 585 g/mol. The van der Waals surface area contributed by atoms with Gasteiger partial charge in [0.25, 0.3) is 0 Å². The van der Waals surface area contributed by atoms with E-state index < -0.39 is 12.1 Å². The number of rotatable bonds is 9. The van der Waals surface area contributed by atoms with Crippen LogP contribution in [-0.4, -0.2) is 16.9 Å². The number of ketones is 1. The van der Waals surface area contributed by atoms with Crippen molar-refractivity contribution in [3.05, 3.63) is 103 Å². The van der Waals surface area contributed by atoms with Gasteiger partial charge in [0.1, 0.15) is 5.78 Å². The van der Waals surface area contributed by atoms with Crippen molar-refractivity contribution in [3.8, 4) is 0 Å². The summed E-state index contributed by atoms with van der Waals surface area (Å²) >= 11 is 24.3. The number of halogens is 7. The molecule has 0 N–H and O–H groups in total. The van der Waals surface area contributed by atoms with Crippen molar-refractivity contribution in [1.29, 1.82) is 0 Å². The van der Waals surface area contributed by atoms with E-state index in [9.17, 15) is 18.0 Å². The Hall–Kier alpha value is -2.05. The third-order valence-corrected chi connectivity index (χ3v) is 7.85. The highest BCUT2D eigenvalue weighted by Crippen LogP contribution is 2.41. The van der Waals surface area contributed by atoms with Crippen LogP contribution in [0.1, 0.15) is 41.1 Å². The van der Waals surface area contributed by atoms with Crippen LogP contribution < -0.4 is 0 Å². The van der Waals surface area contributed by atoms with E-state index in [1.54, 1.807) is 24.4 Å². The summed E-state index contributed by atoms with van der Waals surface area (Å²) in [5, 5.41) is 0.277. The molecule has 0 bridgehead atoms. The first-order valence-electron chi connectivity index (χ1n) is 11.6. The van der Waals surface area contributed by atoms with Gasteiger partial charge >= 0.3 is 6.18 Å². The van der Waals surface area contributed by atoms with Crippen molar-refractivity contribution in [2.75, 3.05) is 0 Å². The molecule has 2 unspecified atom stereocenters. The lowest BCUT2D eigenvalue weighted by Gasteiger charge is -2.19. The van der Waals surface area contributed by atoms with Crippen LogP contribution >= 0.6 is 46.4 Å². The molecule has 4 rings (SSSR count). The second kappa shape index (κ2) is 11.8. The molecule has 0 aliphatic heterocycles. The molecule has 194 valence electrons. The van der Waals surface area contributed by atoms with E-state index in [1.165, 1.54) is 6.08 Å². The fraction of sp³-hybridized carbons (Fsp3) is 0.286.